The third-order valence-electron chi connectivity index (χ3n) is 3.00. The fourth-order valence-corrected chi connectivity index (χ4v) is 2.53. The number of carbonyl (C=O) groups is 1. The van der Waals surface area contributed by atoms with Crippen LogP contribution in [0.2, 0.25) is 0 Å². The third kappa shape index (κ3) is 2.93. The number of hydrogen-bond donors (Lipinski definition) is 1. The summed E-state index contributed by atoms with van der Waals surface area (Å²) < 4.78 is 5.27. The van der Waals surface area contributed by atoms with Crippen molar-refractivity contribution >= 4 is 23.0 Å². The van der Waals surface area contributed by atoms with Gasteiger partial charge in [-0.3, -0.25) is 0 Å². The zero-order valence-electron chi connectivity index (χ0n) is 11.2. The first-order valence-corrected chi connectivity index (χ1v) is 6.76. The van der Waals surface area contributed by atoms with Crippen LogP contribution >= 0.6 is 11.3 Å². The highest BCUT2D eigenvalue weighted by atomic mass is 32.1. The minimum Gasteiger partial charge on any atom is -0.455 e. The van der Waals surface area contributed by atoms with Crippen LogP contribution in [-0.2, 0) is 11.3 Å². The molecule has 0 radical (unpaired) electrons. The fraction of sp³-hybridized carbons (Fsp3) is 0.286. The Kier molecular flexibility index (Phi) is 3.85. The molecule has 0 aliphatic rings. The molecule has 2 N–H and O–H groups in total. The van der Waals surface area contributed by atoms with Gasteiger partial charge < -0.3 is 10.5 Å². The van der Waals surface area contributed by atoms with Gasteiger partial charge >= 0.3 is 5.97 Å². The minimum atomic E-state index is -0.365. The lowest BCUT2D eigenvalue weighted by Gasteiger charge is -2.07. The van der Waals surface area contributed by atoms with Gasteiger partial charge in [0.2, 0.25) is 0 Å². The Balaban J connectivity index is 2.07. The first kappa shape index (κ1) is 13.5. The summed E-state index contributed by atoms with van der Waals surface area (Å²) in [5.41, 5.74) is 8.60. The number of esters is 1. The van der Waals surface area contributed by atoms with Crippen LogP contribution in [-0.4, -0.2) is 11.0 Å². The van der Waals surface area contributed by atoms with Crippen molar-refractivity contribution in [3.8, 4) is 0 Å². The van der Waals surface area contributed by atoms with Crippen LogP contribution in [0.4, 0.5) is 5.69 Å². The molecule has 5 heteroatoms. The smallest absolute Gasteiger partial charge is 0.338 e. The molecule has 0 bridgehead atoms. The highest BCUT2D eigenvalue weighted by Crippen LogP contribution is 2.19. The van der Waals surface area contributed by atoms with Gasteiger partial charge in [-0.05, 0) is 38.5 Å². The molecule has 4 nitrogen and oxygen atoms in total. The molecule has 1 aromatic heterocycles. The Morgan fingerprint density at radius 3 is 2.74 bits per heavy atom. The molecule has 19 heavy (non-hydrogen) atoms. The number of anilines is 1. The van der Waals surface area contributed by atoms with Crippen molar-refractivity contribution in [2.75, 3.05) is 5.73 Å². The van der Waals surface area contributed by atoms with Crippen molar-refractivity contribution in [1.82, 2.24) is 4.98 Å². The van der Waals surface area contributed by atoms with E-state index in [1.165, 1.54) is 0 Å². The number of nitrogens with zero attached hydrogens (tertiary/aromatic N) is 1. The van der Waals surface area contributed by atoms with E-state index in [4.69, 9.17) is 10.5 Å². The van der Waals surface area contributed by atoms with E-state index in [-0.39, 0.29) is 12.6 Å². The highest BCUT2D eigenvalue weighted by molar-refractivity contribution is 7.11. The number of aryl methyl sites for hydroxylation is 2. The Morgan fingerprint density at radius 1 is 1.37 bits per heavy atom. The maximum Gasteiger partial charge on any atom is 0.338 e. The number of carbonyl (C=O) groups excluding carboxylic acids is 1. The normalized spacial score (nSPS) is 10.5. The second-order valence-electron chi connectivity index (χ2n) is 4.35. The minimum absolute atomic E-state index is 0.201. The Hall–Kier alpha value is -1.88. The SMILES string of the molecule is Cc1nc(COC(=O)c2cccc(N)c2C)sc1C. The second kappa shape index (κ2) is 5.40. The van der Waals surface area contributed by atoms with Crippen LogP contribution in [0.3, 0.4) is 0 Å². The van der Waals surface area contributed by atoms with Gasteiger partial charge in [-0.15, -0.1) is 11.3 Å². The summed E-state index contributed by atoms with van der Waals surface area (Å²) in [7, 11) is 0. The lowest BCUT2D eigenvalue weighted by Crippen LogP contribution is -2.08. The van der Waals surface area contributed by atoms with Crippen LogP contribution in [0.1, 0.15) is 31.5 Å². The number of ether oxygens (including phenoxy) is 1. The quantitative estimate of drug-likeness (QED) is 0.691. The van der Waals surface area contributed by atoms with Crippen LogP contribution in [0.25, 0.3) is 0 Å². The molecule has 2 rings (SSSR count). The number of hydrogen-bond acceptors (Lipinski definition) is 5. The van der Waals surface area contributed by atoms with E-state index in [1.54, 1.807) is 29.5 Å². The highest BCUT2D eigenvalue weighted by Gasteiger charge is 2.13. The fourth-order valence-electron chi connectivity index (χ4n) is 1.68. The zero-order valence-corrected chi connectivity index (χ0v) is 12.0. The van der Waals surface area contributed by atoms with Crippen molar-refractivity contribution < 1.29 is 9.53 Å². The maximum atomic E-state index is 12.0. The van der Waals surface area contributed by atoms with E-state index < -0.39 is 0 Å². The summed E-state index contributed by atoms with van der Waals surface area (Å²) in [6.45, 7) is 5.95. The van der Waals surface area contributed by atoms with Crippen LogP contribution in [0, 0.1) is 20.8 Å². The Bertz CT molecular complexity index is 600. The molecule has 0 aliphatic carbocycles. The summed E-state index contributed by atoms with van der Waals surface area (Å²) in [6, 6.07) is 5.22. The van der Waals surface area contributed by atoms with Crippen molar-refractivity contribution in [2.24, 2.45) is 0 Å². The van der Waals surface area contributed by atoms with E-state index in [0.29, 0.717) is 11.3 Å². The van der Waals surface area contributed by atoms with Gasteiger partial charge in [-0.1, -0.05) is 6.07 Å². The van der Waals surface area contributed by atoms with Gasteiger partial charge in [-0.25, -0.2) is 9.78 Å². The average Bonchev–Trinajstić information content (AvgIpc) is 2.69. The summed E-state index contributed by atoms with van der Waals surface area (Å²) in [5, 5.41) is 0.810. The van der Waals surface area contributed by atoms with E-state index in [9.17, 15) is 4.79 Å². The molecule has 0 unspecified atom stereocenters. The van der Waals surface area contributed by atoms with Crippen molar-refractivity contribution in [1.29, 1.82) is 0 Å². The Morgan fingerprint density at radius 2 is 2.11 bits per heavy atom. The summed E-state index contributed by atoms with van der Waals surface area (Å²) >= 11 is 1.55. The van der Waals surface area contributed by atoms with Gasteiger partial charge in [0.15, 0.2) is 0 Å². The van der Waals surface area contributed by atoms with Crippen LogP contribution < -0.4 is 5.73 Å². The van der Waals surface area contributed by atoms with E-state index >= 15 is 0 Å². The zero-order chi connectivity index (χ0) is 14.0. The molecule has 0 saturated carbocycles. The summed E-state index contributed by atoms with van der Waals surface area (Å²) in [4.78, 5) is 17.5. The predicted octanol–water partition coefficient (Wildman–Crippen LogP) is 3.01. The van der Waals surface area contributed by atoms with Gasteiger partial charge in [0, 0.05) is 10.6 Å². The standard InChI is InChI=1S/C14H16N2O2S/c1-8-11(5-4-6-12(8)15)14(17)18-7-13-16-9(2)10(3)19-13/h4-6H,7,15H2,1-3H3. The molecule has 0 amide bonds. The largest absolute Gasteiger partial charge is 0.455 e. The van der Waals surface area contributed by atoms with E-state index in [2.05, 4.69) is 4.98 Å². The lowest BCUT2D eigenvalue weighted by molar-refractivity contribution is 0.0471. The van der Waals surface area contributed by atoms with Crippen LogP contribution in [0.5, 0.6) is 0 Å². The van der Waals surface area contributed by atoms with Gasteiger partial charge in [0.25, 0.3) is 0 Å². The maximum absolute atomic E-state index is 12.0. The molecule has 2 aromatic rings. The van der Waals surface area contributed by atoms with E-state index in [0.717, 1.165) is 21.1 Å². The number of benzene rings is 1. The molecular weight excluding hydrogens is 260 g/mol. The molecule has 1 aromatic carbocycles. The average molecular weight is 276 g/mol. The van der Waals surface area contributed by atoms with Crippen molar-refractivity contribution in [2.45, 2.75) is 27.4 Å². The predicted molar refractivity (Wildman–Crippen MR) is 76.3 cm³/mol. The summed E-state index contributed by atoms with van der Waals surface area (Å²) in [6.07, 6.45) is 0. The van der Waals surface area contributed by atoms with Gasteiger partial charge in [-0.2, -0.15) is 0 Å². The van der Waals surface area contributed by atoms with Crippen molar-refractivity contribution in [3.05, 3.63) is 44.9 Å². The van der Waals surface area contributed by atoms with Crippen LogP contribution in [0.15, 0.2) is 18.2 Å². The summed E-state index contributed by atoms with van der Waals surface area (Å²) in [5.74, 6) is -0.365. The van der Waals surface area contributed by atoms with E-state index in [1.807, 2.05) is 20.8 Å². The first-order valence-electron chi connectivity index (χ1n) is 5.94. The monoisotopic (exact) mass is 276 g/mol. The number of aromatic nitrogens is 1. The molecule has 100 valence electrons. The first-order chi connectivity index (χ1) is 8.99. The number of thiazole rings is 1. The second-order valence-corrected chi connectivity index (χ2v) is 5.63. The number of rotatable bonds is 3. The number of nitrogen functional groups attached to an aromatic ring is 1. The molecule has 0 spiro atoms. The Labute approximate surface area is 116 Å². The molecule has 0 saturated heterocycles. The number of nitrogens with two attached hydrogens (primary N) is 1. The third-order valence-corrected chi connectivity index (χ3v) is 4.04. The van der Waals surface area contributed by atoms with Crippen molar-refractivity contribution in [3.63, 3.8) is 0 Å². The van der Waals surface area contributed by atoms with Gasteiger partial charge in [0.05, 0.1) is 11.3 Å². The topological polar surface area (TPSA) is 65.2 Å². The molecule has 0 aliphatic heterocycles. The lowest BCUT2D eigenvalue weighted by atomic mass is 10.1. The van der Waals surface area contributed by atoms with Gasteiger partial charge in [0.1, 0.15) is 11.6 Å². The molecule has 1 heterocycles. The molecule has 0 atom stereocenters. The molecular formula is C14H16N2O2S. The molecule has 0 fully saturated rings.